The van der Waals surface area contributed by atoms with E-state index in [0.29, 0.717) is 0 Å². The molecule has 0 aliphatic carbocycles. The smallest absolute Gasteiger partial charge is 0.337 e. The van der Waals surface area contributed by atoms with Crippen LogP contribution in [0.3, 0.4) is 0 Å². The molecule has 1 aliphatic heterocycles. The van der Waals surface area contributed by atoms with Crippen LogP contribution in [0.2, 0.25) is 0 Å². The summed E-state index contributed by atoms with van der Waals surface area (Å²) in [5.41, 5.74) is 0. The topological polar surface area (TPSA) is 12.5 Å². The van der Waals surface area contributed by atoms with E-state index in [-0.39, 0.29) is 0 Å². The summed E-state index contributed by atoms with van der Waals surface area (Å²) in [6, 6.07) is -0.588. The fourth-order valence-electron chi connectivity index (χ4n) is 0.725. The van der Waals surface area contributed by atoms with Crippen molar-refractivity contribution in [2.24, 2.45) is 0 Å². The van der Waals surface area contributed by atoms with Crippen LogP contribution in [-0.2, 0) is 16.5 Å². The van der Waals surface area contributed by atoms with Gasteiger partial charge >= 0.3 is 6.05 Å². The van der Waals surface area contributed by atoms with E-state index in [9.17, 15) is 0 Å². The Balaban J connectivity index is 2.31. The number of ether oxygens (including phenoxy) is 1. The van der Waals surface area contributed by atoms with Crippen LogP contribution < -0.4 is 0 Å². The number of morpholine rings is 1. The molecule has 0 amide bonds. The van der Waals surface area contributed by atoms with Crippen LogP contribution >= 0.6 is 18.3 Å². The lowest BCUT2D eigenvalue weighted by atomic mass is 10.5. The van der Waals surface area contributed by atoms with Crippen molar-refractivity contribution in [3.8, 4) is 0 Å². The monoisotopic (exact) mass is 182 g/mol. The molecule has 1 fully saturated rings. The van der Waals surface area contributed by atoms with Crippen LogP contribution in [0.15, 0.2) is 0 Å². The van der Waals surface area contributed by atoms with E-state index >= 15 is 0 Å². The summed E-state index contributed by atoms with van der Waals surface area (Å²) >= 11 is 9.19. The van der Waals surface area contributed by atoms with Gasteiger partial charge in [-0.15, -0.1) is 4.67 Å². The number of hydrogen-bond acceptors (Lipinski definition) is 2. The van der Waals surface area contributed by atoms with Gasteiger partial charge in [0.1, 0.15) is 0 Å². The Kier molecular flexibility index (Phi) is 3.37. The maximum atomic E-state index is 5.14. The molecule has 0 N–H and O–H groups in total. The molecule has 0 radical (unpaired) electrons. The highest BCUT2D eigenvalue weighted by Crippen LogP contribution is 2.31. The number of nitrogens with zero attached hydrogens (tertiary/aromatic N) is 1. The second-order valence-corrected chi connectivity index (χ2v) is 5.88. The third-order valence-corrected chi connectivity index (χ3v) is 3.57. The Hall–Kier alpha value is 0.790. The molecule has 0 aromatic carbocycles. The van der Waals surface area contributed by atoms with Gasteiger partial charge in [0.25, 0.3) is 0 Å². The normalized spacial score (nSPS) is 23.9. The van der Waals surface area contributed by atoms with Gasteiger partial charge in [-0.2, -0.15) is 0 Å². The highest BCUT2D eigenvalue weighted by molar-refractivity contribution is 8.55. The Morgan fingerprint density at radius 2 is 2.00 bits per heavy atom. The molecule has 1 saturated heterocycles. The number of thiol groups is 1. The largest absolute Gasteiger partial charge is 0.378 e. The number of hydrogen-bond donors (Lipinski definition) is 1. The van der Waals surface area contributed by atoms with Gasteiger partial charge in [0.05, 0.1) is 38.6 Å². The van der Waals surface area contributed by atoms with Crippen molar-refractivity contribution in [1.82, 2.24) is 4.67 Å². The minimum absolute atomic E-state index is 0.588. The maximum absolute atomic E-state index is 5.14. The second-order valence-electron chi connectivity index (χ2n) is 1.82. The SMILES string of the molecule is S=[P+](S)N1CCOCC1. The number of rotatable bonds is 1. The first-order valence-corrected chi connectivity index (χ1v) is 6.25. The van der Waals surface area contributed by atoms with Gasteiger partial charge in [-0.25, -0.2) is 0 Å². The van der Waals surface area contributed by atoms with E-state index in [1.54, 1.807) is 0 Å². The summed E-state index contributed by atoms with van der Waals surface area (Å²) in [4.78, 5) is 0. The van der Waals surface area contributed by atoms with Gasteiger partial charge in [0.2, 0.25) is 0 Å². The van der Waals surface area contributed by atoms with Crippen LogP contribution in [0.25, 0.3) is 0 Å². The lowest BCUT2D eigenvalue weighted by molar-refractivity contribution is 0.0765. The summed E-state index contributed by atoms with van der Waals surface area (Å²) in [6.07, 6.45) is 0. The molecule has 52 valence electrons. The molecule has 9 heavy (non-hydrogen) atoms. The van der Waals surface area contributed by atoms with E-state index in [2.05, 4.69) is 16.9 Å². The zero-order valence-electron chi connectivity index (χ0n) is 4.99. The summed E-state index contributed by atoms with van der Waals surface area (Å²) in [6.45, 7) is 3.55. The van der Waals surface area contributed by atoms with Crippen LogP contribution in [0.1, 0.15) is 0 Å². The fourth-order valence-corrected chi connectivity index (χ4v) is 2.26. The first kappa shape index (κ1) is 7.89. The Morgan fingerprint density at radius 3 is 2.33 bits per heavy atom. The summed E-state index contributed by atoms with van der Waals surface area (Å²) in [7, 11) is 0. The van der Waals surface area contributed by atoms with Crippen molar-refractivity contribution in [2.75, 3.05) is 26.3 Å². The molecule has 1 heterocycles. The minimum Gasteiger partial charge on any atom is -0.378 e. The van der Waals surface area contributed by atoms with Crippen LogP contribution in [-0.4, -0.2) is 31.0 Å². The first-order chi connectivity index (χ1) is 4.30. The molecule has 0 saturated carbocycles. The molecule has 0 bridgehead atoms. The quantitative estimate of drug-likeness (QED) is 0.480. The van der Waals surface area contributed by atoms with Crippen molar-refractivity contribution in [3.05, 3.63) is 0 Å². The lowest BCUT2D eigenvalue weighted by Crippen LogP contribution is -2.29. The molecular weight excluding hydrogens is 173 g/mol. The maximum Gasteiger partial charge on any atom is 0.337 e. The molecule has 1 aliphatic rings. The second kappa shape index (κ2) is 3.84. The van der Waals surface area contributed by atoms with Crippen LogP contribution in [0, 0.1) is 0 Å². The molecule has 0 aromatic heterocycles. The van der Waals surface area contributed by atoms with E-state index in [1.165, 1.54) is 0 Å². The minimum atomic E-state index is -0.588. The third-order valence-electron chi connectivity index (χ3n) is 1.23. The Morgan fingerprint density at radius 1 is 1.44 bits per heavy atom. The highest BCUT2D eigenvalue weighted by Gasteiger charge is 2.21. The van der Waals surface area contributed by atoms with E-state index < -0.39 is 6.05 Å². The average Bonchev–Trinajstić information content (AvgIpc) is 1.90. The predicted octanol–water partition coefficient (Wildman–Crippen LogP) is 1.02. The molecule has 2 nitrogen and oxygen atoms in total. The lowest BCUT2D eigenvalue weighted by Gasteiger charge is -2.16. The summed E-state index contributed by atoms with van der Waals surface area (Å²) in [5.74, 6) is 0. The predicted molar refractivity (Wildman–Crippen MR) is 45.7 cm³/mol. The summed E-state index contributed by atoms with van der Waals surface area (Å²) < 4.78 is 7.32. The molecule has 1 unspecified atom stereocenters. The van der Waals surface area contributed by atoms with Crippen molar-refractivity contribution >= 4 is 30.1 Å². The van der Waals surface area contributed by atoms with Crippen molar-refractivity contribution in [1.29, 1.82) is 0 Å². The molecule has 5 heteroatoms. The van der Waals surface area contributed by atoms with Gasteiger partial charge in [-0.1, -0.05) is 0 Å². The zero-order chi connectivity index (χ0) is 6.69. The molecule has 0 spiro atoms. The molecular formula is C4H9NOPS2+. The van der Waals surface area contributed by atoms with Crippen molar-refractivity contribution < 1.29 is 4.74 Å². The van der Waals surface area contributed by atoms with Gasteiger partial charge < -0.3 is 4.74 Å². The fraction of sp³-hybridized carbons (Fsp3) is 1.00. The van der Waals surface area contributed by atoms with E-state index in [1.807, 2.05) is 0 Å². The van der Waals surface area contributed by atoms with Crippen LogP contribution in [0.4, 0.5) is 0 Å². The van der Waals surface area contributed by atoms with Gasteiger partial charge in [0.15, 0.2) is 11.8 Å². The van der Waals surface area contributed by atoms with Crippen LogP contribution in [0.5, 0.6) is 0 Å². The zero-order valence-corrected chi connectivity index (χ0v) is 7.59. The van der Waals surface area contributed by atoms with Gasteiger partial charge in [0, 0.05) is 0 Å². The molecule has 1 rings (SSSR count). The van der Waals surface area contributed by atoms with Gasteiger partial charge in [-0.3, -0.25) is 0 Å². The highest BCUT2D eigenvalue weighted by atomic mass is 32.9. The Labute approximate surface area is 66.2 Å². The standard InChI is InChI=1S/C4H8NOPS2/c8-7(9)5-1-3-6-4-2-5/h1-4H2/p+1. The van der Waals surface area contributed by atoms with E-state index in [4.69, 9.17) is 16.5 Å². The van der Waals surface area contributed by atoms with Crippen molar-refractivity contribution in [3.63, 3.8) is 0 Å². The molecule has 1 atom stereocenters. The first-order valence-electron chi connectivity index (χ1n) is 2.79. The van der Waals surface area contributed by atoms with Gasteiger partial charge in [-0.05, 0) is 0 Å². The third kappa shape index (κ3) is 2.48. The average molecular weight is 182 g/mol. The van der Waals surface area contributed by atoms with E-state index in [0.717, 1.165) is 26.3 Å². The Bertz CT molecular complexity index is 115. The summed E-state index contributed by atoms with van der Waals surface area (Å²) in [5, 5.41) is 0. The van der Waals surface area contributed by atoms with Crippen molar-refractivity contribution in [2.45, 2.75) is 0 Å². The molecule has 0 aromatic rings.